The summed E-state index contributed by atoms with van der Waals surface area (Å²) in [6.07, 6.45) is 0. The van der Waals surface area contributed by atoms with Gasteiger partial charge >= 0.3 is 0 Å². The SMILES string of the molecule is COc1cc(NCc2ccc(C(=O)Nc3ccccc3N)cc2)nc(OC)c1. The number of aromatic nitrogens is 1. The maximum atomic E-state index is 12.4. The Morgan fingerprint density at radius 3 is 2.46 bits per heavy atom. The van der Waals surface area contributed by atoms with Crippen LogP contribution in [-0.4, -0.2) is 25.1 Å². The Morgan fingerprint density at radius 2 is 1.79 bits per heavy atom. The maximum Gasteiger partial charge on any atom is 0.255 e. The quantitative estimate of drug-likeness (QED) is 0.544. The molecule has 0 fully saturated rings. The molecule has 0 atom stereocenters. The zero-order chi connectivity index (χ0) is 19.9. The van der Waals surface area contributed by atoms with Crippen molar-refractivity contribution in [2.75, 3.05) is 30.6 Å². The van der Waals surface area contributed by atoms with E-state index in [2.05, 4.69) is 15.6 Å². The predicted octanol–water partition coefficient (Wildman–Crippen LogP) is 3.55. The Labute approximate surface area is 163 Å². The highest BCUT2D eigenvalue weighted by Crippen LogP contribution is 2.22. The van der Waals surface area contributed by atoms with Crippen molar-refractivity contribution < 1.29 is 14.3 Å². The van der Waals surface area contributed by atoms with Crippen LogP contribution >= 0.6 is 0 Å². The number of nitrogen functional groups attached to an aromatic ring is 1. The molecule has 2 aromatic carbocycles. The van der Waals surface area contributed by atoms with Crippen molar-refractivity contribution in [1.29, 1.82) is 0 Å². The van der Waals surface area contributed by atoms with E-state index < -0.39 is 0 Å². The topological polar surface area (TPSA) is 98.5 Å². The van der Waals surface area contributed by atoms with Crippen molar-refractivity contribution in [1.82, 2.24) is 4.98 Å². The lowest BCUT2D eigenvalue weighted by Crippen LogP contribution is -2.13. The van der Waals surface area contributed by atoms with E-state index in [9.17, 15) is 4.79 Å². The van der Waals surface area contributed by atoms with Gasteiger partial charge in [0.05, 0.1) is 25.6 Å². The van der Waals surface area contributed by atoms with Gasteiger partial charge in [0.1, 0.15) is 11.6 Å². The zero-order valence-electron chi connectivity index (χ0n) is 15.7. The highest BCUT2D eigenvalue weighted by atomic mass is 16.5. The van der Waals surface area contributed by atoms with Gasteiger partial charge in [-0.25, -0.2) is 0 Å². The van der Waals surface area contributed by atoms with Crippen LogP contribution in [0, 0.1) is 0 Å². The molecule has 3 aromatic rings. The van der Waals surface area contributed by atoms with Crippen molar-refractivity contribution in [3.05, 3.63) is 71.8 Å². The number of benzene rings is 2. The number of nitrogens with zero attached hydrogens (tertiary/aromatic N) is 1. The first-order chi connectivity index (χ1) is 13.6. The molecule has 7 nitrogen and oxygen atoms in total. The van der Waals surface area contributed by atoms with Gasteiger partial charge in [0.2, 0.25) is 5.88 Å². The molecular formula is C21H22N4O3. The van der Waals surface area contributed by atoms with Gasteiger partial charge in [0.15, 0.2) is 0 Å². The Kier molecular flexibility index (Phi) is 5.96. The van der Waals surface area contributed by atoms with E-state index in [0.29, 0.717) is 40.9 Å². The second-order valence-electron chi connectivity index (χ2n) is 6.03. The second-order valence-corrected chi connectivity index (χ2v) is 6.03. The minimum atomic E-state index is -0.211. The van der Waals surface area contributed by atoms with Crippen LogP contribution in [0.3, 0.4) is 0 Å². The van der Waals surface area contributed by atoms with Crippen molar-refractivity contribution in [2.45, 2.75) is 6.54 Å². The van der Waals surface area contributed by atoms with E-state index in [0.717, 1.165) is 5.56 Å². The molecule has 0 bridgehead atoms. The number of rotatable bonds is 7. The van der Waals surface area contributed by atoms with Gasteiger partial charge in [-0.1, -0.05) is 24.3 Å². The molecule has 0 radical (unpaired) electrons. The molecule has 0 spiro atoms. The summed E-state index contributed by atoms with van der Waals surface area (Å²) in [4.78, 5) is 16.7. The predicted molar refractivity (Wildman–Crippen MR) is 110 cm³/mol. The number of anilines is 3. The smallest absolute Gasteiger partial charge is 0.255 e. The normalized spacial score (nSPS) is 10.2. The van der Waals surface area contributed by atoms with E-state index >= 15 is 0 Å². The number of pyridine rings is 1. The molecule has 1 aromatic heterocycles. The third-order valence-electron chi connectivity index (χ3n) is 4.12. The first kappa shape index (κ1) is 19.0. The van der Waals surface area contributed by atoms with E-state index in [1.54, 1.807) is 50.6 Å². The van der Waals surface area contributed by atoms with Gasteiger partial charge in [-0.3, -0.25) is 4.79 Å². The Hall–Kier alpha value is -3.74. The molecule has 0 saturated carbocycles. The highest BCUT2D eigenvalue weighted by molar-refractivity contribution is 6.05. The molecule has 28 heavy (non-hydrogen) atoms. The van der Waals surface area contributed by atoms with E-state index in [-0.39, 0.29) is 5.91 Å². The number of nitrogens with one attached hydrogen (secondary N) is 2. The van der Waals surface area contributed by atoms with E-state index in [4.69, 9.17) is 15.2 Å². The summed E-state index contributed by atoms with van der Waals surface area (Å²) < 4.78 is 10.4. The molecule has 7 heteroatoms. The summed E-state index contributed by atoms with van der Waals surface area (Å²) in [6, 6.07) is 17.9. The largest absolute Gasteiger partial charge is 0.496 e. The van der Waals surface area contributed by atoms with Crippen LogP contribution in [0.15, 0.2) is 60.7 Å². The molecule has 1 amide bonds. The number of nitrogens with two attached hydrogens (primary N) is 1. The van der Waals surface area contributed by atoms with Crippen molar-refractivity contribution >= 4 is 23.1 Å². The van der Waals surface area contributed by atoms with Crippen molar-refractivity contribution in [3.8, 4) is 11.6 Å². The third-order valence-corrected chi connectivity index (χ3v) is 4.12. The van der Waals surface area contributed by atoms with Crippen LogP contribution in [0.5, 0.6) is 11.6 Å². The maximum absolute atomic E-state index is 12.4. The molecular weight excluding hydrogens is 356 g/mol. The molecule has 0 saturated heterocycles. The third kappa shape index (κ3) is 4.70. The number of hydrogen-bond acceptors (Lipinski definition) is 6. The first-order valence-corrected chi connectivity index (χ1v) is 8.68. The number of amides is 1. The number of carbonyl (C=O) groups excluding carboxylic acids is 1. The molecule has 4 N–H and O–H groups in total. The lowest BCUT2D eigenvalue weighted by Gasteiger charge is -2.10. The number of hydrogen-bond donors (Lipinski definition) is 3. The lowest BCUT2D eigenvalue weighted by atomic mass is 10.1. The fourth-order valence-electron chi connectivity index (χ4n) is 2.57. The lowest BCUT2D eigenvalue weighted by molar-refractivity contribution is 0.102. The Morgan fingerprint density at radius 1 is 1.04 bits per heavy atom. The van der Waals surface area contributed by atoms with E-state index in [1.165, 1.54) is 0 Å². The number of para-hydroxylation sites is 2. The molecule has 0 aliphatic rings. The summed E-state index contributed by atoms with van der Waals surface area (Å²) in [5.41, 5.74) is 8.53. The summed E-state index contributed by atoms with van der Waals surface area (Å²) in [7, 11) is 3.14. The van der Waals surface area contributed by atoms with Crippen LogP contribution in [0.4, 0.5) is 17.2 Å². The highest BCUT2D eigenvalue weighted by Gasteiger charge is 2.08. The van der Waals surface area contributed by atoms with Crippen LogP contribution in [0.2, 0.25) is 0 Å². The first-order valence-electron chi connectivity index (χ1n) is 8.68. The number of methoxy groups -OCH3 is 2. The summed E-state index contributed by atoms with van der Waals surface area (Å²) >= 11 is 0. The van der Waals surface area contributed by atoms with Gasteiger partial charge in [0.25, 0.3) is 5.91 Å². The minimum absolute atomic E-state index is 0.211. The van der Waals surface area contributed by atoms with Crippen molar-refractivity contribution in [3.63, 3.8) is 0 Å². The summed E-state index contributed by atoms with van der Waals surface area (Å²) in [5, 5.41) is 6.03. The fraction of sp³-hybridized carbons (Fsp3) is 0.143. The van der Waals surface area contributed by atoms with Crippen LogP contribution in [0.25, 0.3) is 0 Å². The van der Waals surface area contributed by atoms with Crippen LogP contribution < -0.4 is 25.8 Å². The second kappa shape index (κ2) is 8.77. The molecule has 0 aliphatic carbocycles. The van der Waals surface area contributed by atoms with E-state index in [1.807, 2.05) is 24.3 Å². The minimum Gasteiger partial charge on any atom is -0.496 e. The molecule has 0 unspecified atom stereocenters. The number of ether oxygens (including phenoxy) is 2. The fourth-order valence-corrected chi connectivity index (χ4v) is 2.57. The van der Waals surface area contributed by atoms with Crippen LogP contribution in [-0.2, 0) is 6.54 Å². The Balaban J connectivity index is 1.63. The molecule has 144 valence electrons. The average Bonchev–Trinajstić information content (AvgIpc) is 2.74. The van der Waals surface area contributed by atoms with Gasteiger partial charge in [0, 0.05) is 24.2 Å². The van der Waals surface area contributed by atoms with Crippen LogP contribution in [0.1, 0.15) is 15.9 Å². The van der Waals surface area contributed by atoms with Gasteiger partial charge in [-0.05, 0) is 29.8 Å². The summed E-state index contributed by atoms with van der Waals surface area (Å²) in [6.45, 7) is 0.539. The molecule has 0 aliphatic heterocycles. The zero-order valence-corrected chi connectivity index (χ0v) is 15.7. The van der Waals surface area contributed by atoms with Gasteiger partial charge in [-0.15, -0.1) is 0 Å². The van der Waals surface area contributed by atoms with Gasteiger partial charge < -0.3 is 25.8 Å². The Bertz CT molecular complexity index is 936. The average molecular weight is 378 g/mol. The number of carbonyl (C=O) groups is 1. The molecule has 1 heterocycles. The summed E-state index contributed by atoms with van der Waals surface area (Å²) in [5.74, 6) is 1.55. The van der Waals surface area contributed by atoms with Crippen molar-refractivity contribution in [2.24, 2.45) is 0 Å². The monoisotopic (exact) mass is 378 g/mol. The standard InChI is InChI=1S/C21H22N4O3/c1-27-16-11-19(25-20(12-16)28-2)23-13-14-7-9-15(10-8-14)21(26)24-18-6-4-3-5-17(18)22/h3-12H,13,22H2,1-2H3,(H,23,25)(H,24,26). The van der Waals surface area contributed by atoms with Gasteiger partial charge in [-0.2, -0.15) is 4.98 Å². The molecule has 3 rings (SSSR count).